The molecular formula is C24H24N6O2S. The molecule has 2 aromatic rings. The number of fused-ring (bicyclic) bond motifs is 1. The van der Waals surface area contributed by atoms with Crippen molar-refractivity contribution in [2.24, 2.45) is 15.9 Å². The van der Waals surface area contributed by atoms with Crippen molar-refractivity contribution in [3.63, 3.8) is 0 Å². The van der Waals surface area contributed by atoms with Crippen molar-refractivity contribution >= 4 is 27.9 Å². The molecule has 33 heavy (non-hydrogen) atoms. The third-order valence-corrected chi connectivity index (χ3v) is 6.42. The number of aliphatic imine (C=N–C) groups is 2. The van der Waals surface area contributed by atoms with Gasteiger partial charge in [-0.1, -0.05) is 6.08 Å². The maximum absolute atomic E-state index is 13.3. The molecule has 1 saturated carbocycles. The van der Waals surface area contributed by atoms with Crippen molar-refractivity contribution in [2.75, 3.05) is 7.11 Å². The summed E-state index contributed by atoms with van der Waals surface area (Å²) < 4.78 is 5.50. The van der Waals surface area contributed by atoms with Crippen LogP contribution in [0.4, 0.5) is 0 Å². The number of ether oxygens (including phenoxy) is 1. The molecule has 1 fully saturated rings. The summed E-state index contributed by atoms with van der Waals surface area (Å²) in [6, 6.07) is 3.78. The molecule has 2 aliphatic heterocycles. The van der Waals surface area contributed by atoms with E-state index in [0.29, 0.717) is 22.4 Å². The number of amides is 1. The highest BCUT2D eigenvalue weighted by atomic mass is 32.2. The molecule has 0 radical (unpaired) electrons. The van der Waals surface area contributed by atoms with Crippen LogP contribution in [0.1, 0.15) is 34.6 Å². The number of aryl methyl sites for hydroxylation is 2. The van der Waals surface area contributed by atoms with Crippen molar-refractivity contribution < 1.29 is 9.53 Å². The Hall–Kier alpha value is -3.46. The standard InChI is InChI=1S/C24H24N6O2S/c1-13-8-17(18-9-14(2)26-12-20(18)32-3)19(11-25-13)22(31)30-24-29-21-23(33-24)28-16(10-27-21)7-6-15-4-5-15/h6-12,15,21,27H,4-5H2,1-3H3,(H,29,30,31)/b7-6+. The molecule has 0 bridgehead atoms. The Morgan fingerprint density at radius 1 is 1.18 bits per heavy atom. The Balaban J connectivity index is 1.36. The van der Waals surface area contributed by atoms with Crippen LogP contribution in [0, 0.1) is 19.8 Å². The number of rotatable bonds is 5. The molecule has 2 N–H and O–H groups in total. The average Bonchev–Trinajstić information content (AvgIpc) is 3.55. The minimum atomic E-state index is -0.290. The molecule has 0 saturated heterocycles. The number of carbonyl (C=O) groups is 1. The lowest BCUT2D eigenvalue weighted by atomic mass is 9.99. The van der Waals surface area contributed by atoms with Crippen molar-refractivity contribution in [1.29, 1.82) is 0 Å². The summed E-state index contributed by atoms with van der Waals surface area (Å²) in [7, 11) is 1.59. The molecular weight excluding hydrogens is 436 g/mol. The Kier molecular flexibility index (Phi) is 5.72. The normalized spacial score (nSPS) is 19.4. The summed E-state index contributed by atoms with van der Waals surface area (Å²) in [5, 5.41) is 7.49. The van der Waals surface area contributed by atoms with Crippen molar-refractivity contribution in [3.8, 4) is 16.9 Å². The second kappa shape index (κ2) is 8.82. The first-order valence-electron chi connectivity index (χ1n) is 10.8. The van der Waals surface area contributed by atoms with Gasteiger partial charge < -0.3 is 15.4 Å². The number of thioether (sulfide) groups is 1. The van der Waals surface area contributed by atoms with Gasteiger partial charge >= 0.3 is 0 Å². The summed E-state index contributed by atoms with van der Waals surface area (Å²) in [4.78, 5) is 31.1. The van der Waals surface area contributed by atoms with Gasteiger partial charge in [0.25, 0.3) is 5.91 Å². The number of pyridine rings is 2. The van der Waals surface area contributed by atoms with E-state index >= 15 is 0 Å². The van der Waals surface area contributed by atoms with Crippen molar-refractivity contribution in [1.82, 2.24) is 20.6 Å². The zero-order valence-electron chi connectivity index (χ0n) is 18.6. The lowest BCUT2D eigenvalue weighted by Crippen LogP contribution is -2.30. The highest BCUT2D eigenvalue weighted by Gasteiger charge is 2.29. The van der Waals surface area contributed by atoms with E-state index in [1.54, 1.807) is 19.5 Å². The summed E-state index contributed by atoms with van der Waals surface area (Å²) in [5.41, 5.74) is 4.45. The molecule has 1 atom stereocenters. The number of nitrogens with one attached hydrogen (secondary N) is 2. The predicted molar refractivity (Wildman–Crippen MR) is 130 cm³/mol. The fraction of sp³-hybridized carbons (Fsp3) is 0.292. The van der Waals surface area contributed by atoms with E-state index in [1.165, 1.54) is 24.6 Å². The Labute approximate surface area is 196 Å². The number of hydrogen-bond donors (Lipinski definition) is 2. The van der Waals surface area contributed by atoms with Crippen molar-refractivity contribution in [2.45, 2.75) is 32.9 Å². The van der Waals surface area contributed by atoms with Crippen LogP contribution in [-0.4, -0.2) is 39.4 Å². The summed E-state index contributed by atoms with van der Waals surface area (Å²) in [5.74, 6) is 0.989. The van der Waals surface area contributed by atoms with E-state index in [-0.39, 0.29) is 12.1 Å². The van der Waals surface area contributed by atoms with E-state index in [0.717, 1.165) is 33.3 Å². The van der Waals surface area contributed by atoms with Gasteiger partial charge in [-0.05, 0) is 62.6 Å². The van der Waals surface area contributed by atoms with E-state index in [1.807, 2.05) is 38.3 Å². The summed E-state index contributed by atoms with van der Waals surface area (Å²) in [6.45, 7) is 3.79. The SMILES string of the molecule is COc1cnc(C)cc1-c1cc(C)ncc1C(=O)NC1=NC2NC=C(/C=C/C3CC3)N=C2S1. The van der Waals surface area contributed by atoms with Crippen LogP contribution in [0.2, 0.25) is 0 Å². The number of amidine groups is 1. The number of methoxy groups -OCH3 is 1. The molecule has 4 heterocycles. The van der Waals surface area contributed by atoms with Gasteiger partial charge in [-0.15, -0.1) is 0 Å². The van der Waals surface area contributed by atoms with Crippen LogP contribution in [0.3, 0.4) is 0 Å². The fourth-order valence-electron chi connectivity index (χ4n) is 3.59. The van der Waals surface area contributed by atoms with Crippen LogP contribution in [0.25, 0.3) is 11.1 Å². The third-order valence-electron chi connectivity index (χ3n) is 5.49. The van der Waals surface area contributed by atoms with Gasteiger partial charge in [-0.2, -0.15) is 0 Å². The molecule has 1 amide bonds. The highest BCUT2D eigenvalue weighted by Crippen LogP contribution is 2.33. The molecule has 5 rings (SSSR count). The molecule has 3 aliphatic rings. The van der Waals surface area contributed by atoms with Crippen LogP contribution >= 0.6 is 11.8 Å². The maximum Gasteiger partial charge on any atom is 0.259 e. The zero-order chi connectivity index (χ0) is 22.9. The molecule has 0 spiro atoms. The molecule has 0 aromatic carbocycles. The smallest absolute Gasteiger partial charge is 0.259 e. The molecule has 2 aromatic heterocycles. The topological polar surface area (TPSA) is 101 Å². The minimum Gasteiger partial charge on any atom is -0.494 e. The summed E-state index contributed by atoms with van der Waals surface area (Å²) >= 11 is 1.36. The van der Waals surface area contributed by atoms with E-state index in [4.69, 9.17) is 4.74 Å². The van der Waals surface area contributed by atoms with Crippen LogP contribution in [0.5, 0.6) is 5.75 Å². The Morgan fingerprint density at radius 3 is 2.70 bits per heavy atom. The van der Waals surface area contributed by atoms with Gasteiger partial charge in [0.15, 0.2) is 11.3 Å². The lowest BCUT2D eigenvalue weighted by molar-refractivity contribution is 0.0978. The third kappa shape index (κ3) is 4.68. The molecule has 8 nitrogen and oxygen atoms in total. The van der Waals surface area contributed by atoms with E-state index in [2.05, 4.69) is 36.7 Å². The van der Waals surface area contributed by atoms with Gasteiger partial charge in [0, 0.05) is 34.9 Å². The average molecular weight is 461 g/mol. The molecule has 168 valence electrons. The second-order valence-corrected chi connectivity index (χ2v) is 9.18. The van der Waals surface area contributed by atoms with E-state index < -0.39 is 0 Å². The van der Waals surface area contributed by atoms with Gasteiger partial charge in [-0.3, -0.25) is 14.8 Å². The van der Waals surface area contributed by atoms with Gasteiger partial charge in [0.05, 0.1) is 24.6 Å². The number of carbonyl (C=O) groups excluding carboxylic acids is 1. The lowest BCUT2D eigenvalue weighted by Gasteiger charge is -2.14. The Morgan fingerprint density at radius 2 is 1.94 bits per heavy atom. The highest BCUT2D eigenvalue weighted by molar-refractivity contribution is 8.27. The largest absolute Gasteiger partial charge is 0.494 e. The number of aromatic nitrogens is 2. The first-order valence-corrected chi connectivity index (χ1v) is 11.6. The fourth-order valence-corrected chi connectivity index (χ4v) is 4.47. The first kappa shape index (κ1) is 21.4. The quantitative estimate of drug-likeness (QED) is 0.705. The predicted octanol–water partition coefficient (Wildman–Crippen LogP) is 3.74. The van der Waals surface area contributed by atoms with Crippen LogP contribution in [0.15, 0.2) is 58.6 Å². The number of hydrogen-bond acceptors (Lipinski definition) is 8. The number of allylic oxidation sites excluding steroid dienone is 2. The van der Waals surface area contributed by atoms with Crippen LogP contribution < -0.4 is 15.4 Å². The van der Waals surface area contributed by atoms with Crippen molar-refractivity contribution in [3.05, 3.63) is 65.5 Å². The second-order valence-electron chi connectivity index (χ2n) is 8.17. The monoisotopic (exact) mass is 460 g/mol. The molecule has 1 unspecified atom stereocenters. The maximum atomic E-state index is 13.3. The zero-order valence-corrected chi connectivity index (χ0v) is 19.4. The molecule has 1 aliphatic carbocycles. The number of nitrogens with zero attached hydrogens (tertiary/aromatic N) is 4. The van der Waals surface area contributed by atoms with Crippen LogP contribution in [-0.2, 0) is 0 Å². The van der Waals surface area contributed by atoms with E-state index in [9.17, 15) is 4.79 Å². The minimum absolute atomic E-state index is 0.276. The summed E-state index contributed by atoms with van der Waals surface area (Å²) in [6.07, 6.45) is 11.6. The Bertz CT molecular complexity index is 1250. The first-order chi connectivity index (χ1) is 16.0. The molecule has 9 heteroatoms. The van der Waals surface area contributed by atoms with Gasteiger partial charge in [-0.25, -0.2) is 9.98 Å². The van der Waals surface area contributed by atoms with Gasteiger partial charge in [0.1, 0.15) is 10.8 Å². The van der Waals surface area contributed by atoms with Gasteiger partial charge in [0.2, 0.25) is 0 Å².